The van der Waals surface area contributed by atoms with Gasteiger partial charge in [0.05, 0.1) is 19.6 Å². The van der Waals surface area contributed by atoms with Crippen molar-refractivity contribution in [2.75, 3.05) is 13.2 Å². The van der Waals surface area contributed by atoms with Gasteiger partial charge in [-0.15, -0.1) is 0 Å². The number of aryl methyl sites for hydroxylation is 2. The second-order valence-electron chi connectivity index (χ2n) is 6.74. The summed E-state index contributed by atoms with van der Waals surface area (Å²) in [7, 11) is 0. The number of hydrogen-bond donors (Lipinski definition) is 1. The maximum absolute atomic E-state index is 10.9. The average molecular weight is 354 g/mol. The highest BCUT2D eigenvalue weighted by Crippen LogP contribution is 2.37. The van der Waals surface area contributed by atoms with E-state index in [4.69, 9.17) is 14.6 Å². The Morgan fingerprint density at radius 2 is 1.77 bits per heavy atom. The number of ether oxygens (including phenoxy) is 2. The van der Waals surface area contributed by atoms with E-state index < -0.39 is 5.97 Å². The molecule has 3 rings (SSSR count). The van der Waals surface area contributed by atoms with Crippen LogP contribution in [0.15, 0.2) is 42.5 Å². The van der Waals surface area contributed by atoms with Crippen molar-refractivity contribution in [2.24, 2.45) is 0 Å². The maximum atomic E-state index is 10.9. The highest BCUT2D eigenvalue weighted by molar-refractivity contribution is 5.68. The molecule has 0 aliphatic heterocycles. The molecule has 0 unspecified atom stereocenters. The zero-order chi connectivity index (χ0) is 18.4. The van der Waals surface area contributed by atoms with Crippen LogP contribution in [0, 0.1) is 0 Å². The molecule has 1 aliphatic carbocycles. The molecule has 0 aromatic heterocycles. The van der Waals surface area contributed by atoms with Crippen molar-refractivity contribution in [1.82, 2.24) is 0 Å². The van der Waals surface area contributed by atoms with Crippen LogP contribution >= 0.6 is 0 Å². The highest BCUT2D eigenvalue weighted by atomic mass is 16.5. The monoisotopic (exact) mass is 354 g/mol. The summed E-state index contributed by atoms with van der Waals surface area (Å²) in [5.41, 5.74) is 3.70. The van der Waals surface area contributed by atoms with Crippen LogP contribution in [0.25, 0.3) is 0 Å². The Morgan fingerprint density at radius 3 is 2.46 bits per heavy atom. The van der Waals surface area contributed by atoms with Crippen LogP contribution < -0.4 is 9.47 Å². The van der Waals surface area contributed by atoms with Crippen molar-refractivity contribution in [3.63, 3.8) is 0 Å². The van der Waals surface area contributed by atoms with E-state index >= 15 is 0 Å². The molecule has 0 saturated heterocycles. The van der Waals surface area contributed by atoms with Gasteiger partial charge in [-0.3, -0.25) is 4.79 Å². The van der Waals surface area contributed by atoms with Crippen molar-refractivity contribution in [3.05, 3.63) is 59.2 Å². The minimum Gasteiger partial charge on any atom is -0.493 e. The van der Waals surface area contributed by atoms with E-state index in [0.29, 0.717) is 13.2 Å². The summed E-state index contributed by atoms with van der Waals surface area (Å²) in [6, 6.07) is 14.2. The van der Waals surface area contributed by atoms with E-state index in [1.165, 1.54) is 16.7 Å². The number of carboxylic acids is 1. The summed E-state index contributed by atoms with van der Waals surface area (Å²) in [6.07, 6.45) is 3.90. The lowest BCUT2D eigenvalue weighted by Crippen LogP contribution is -2.05. The Hall–Kier alpha value is -2.49. The Balaban J connectivity index is 1.42. The Bertz CT molecular complexity index is 736. The van der Waals surface area contributed by atoms with Gasteiger partial charge in [-0.1, -0.05) is 25.1 Å². The van der Waals surface area contributed by atoms with Gasteiger partial charge < -0.3 is 14.6 Å². The first-order chi connectivity index (χ1) is 12.7. The Kier molecular flexibility index (Phi) is 6.16. The molecule has 0 radical (unpaired) electrons. The van der Waals surface area contributed by atoms with Crippen LogP contribution in [0.3, 0.4) is 0 Å². The van der Waals surface area contributed by atoms with Crippen LogP contribution in [0.2, 0.25) is 0 Å². The molecule has 2 aromatic carbocycles. The number of carbonyl (C=O) groups is 1. The van der Waals surface area contributed by atoms with Crippen LogP contribution in [-0.2, 0) is 17.6 Å². The topological polar surface area (TPSA) is 55.8 Å². The standard InChI is InChI=1S/C22H26O4/c1-2-16-4-8-19(9-5-16)25-12-3-13-26-20-10-11-21-17(14-20)6-7-18(21)15-22(23)24/h4-5,8-11,14,18H,2-3,6-7,12-13,15H2,1H3,(H,23,24)/t18-/m0/s1. The van der Waals surface area contributed by atoms with Crippen molar-refractivity contribution < 1.29 is 19.4 Å². The molecule has 2 aromatic rings. The molecule has 0 spiro atoms. The summed E-state index contributed by atoms with van der Waals surface area (Å²) in [5.74, 6) is 1.16. The van der Waals surface area contributed by atoms with Gasteiger partial charge in [-0.2, -0.15) is 0 Å². The third-order valence-electron chi connectivity index (χ3n) is 4.90. The summed E-state index contributed by atoms with van der Waals surface area (Å²) in [5, 5.41) is 8.99. The van der Waals surface area contributed by atoms with Gasteiger partial charge in [0.25, 0.3) is 0 Å². The second kappa shape index (κ2) is 8.75. The minimum atomic E-state index is -0.729. The van der Waals surface area contributed by atoms with Crippen LogP contribution in [0.1, 0.15) is 48.8 Å². The number of hydrogen-bond acceptors (Lipinski definition) is 3. The van der Waals surface area contributed by atoms with E-state index in [9.17, 15) is 4.79 Å². The molecule has 4 heteroatoms. The van der Waals surface area contributed by atoms with Crippen LogP contribution in [-0.4, -0.2) is 24.3 Å². The molecule has 26 heavy (non-hydrogen) atoms. The highest BCUT2D eigenvalue weighted by Gasteiger charge is 2.24. The van der Waals surface area contributed by atoms with E-state index in [1.54, 1.807) is 0 Å². The van der Waals surface area contributed by atoms with Gasteiger partial charge in [0, 0.05) is 6.42 Å². The van der Waals surface area contributed by atoms with E-state index in [-0.39, 0.29) is 12.3 Å². The van der Waals surface area contributed by atoms with Crippen molar-refractivity contribution >= 4 is 5.97 Å². The normalized spacial score (nSPS) is 15.5. The van der Waals surface area contributed by atoms with Gasteiger partial charge in [-0.25, -0.2) is 0 Å². The summed E-state index contributed by atoms with van der Waals surface area (Å²) in [4.78, 5) is 10.9. The molecule has 4 nitrogen and oxygen atoms in total. The van der Waals surface area contributed by atoms with E-state index in [2.05, 4.69) is 25.1 Å². The fourth-order valence-electron chi connectivity index (χ4n) is 3.46. The van der Waals surface area contributed by atoms with Crippen molar-refractivity contribution in [1.29, 1.82) is 0 Å². The third kappa shape index (κ3) is 4.78. The number of benzene rings is 2. The predicted octanol–water partition coefficient (Wildman–Crippen LogP) is 4.60. The molecule has 138 valence electrons. The lowest BCUT2D eigenvalue weighted by molar-refractivity contribution is -0.137. The first kappa shape index (κ1) is 18.3. The van der Waals surface area contributed by atoms with Crippen LogP contribution in [0.5, 0.6) is 11.5 Å². The third-order valence-corrected chi connectivity index (χ3v) is 4.90. The summed E-state index contributed by atoms with van der Waals surface area (Å²) >= 11 is 0. The lowest BCUT2D eigenvalue weighted by Gasteiger charge is -2.11. The molecule has 0 fully saturated rings. The van der Waals surface area contributed by atoms with Crippen molar-refractivity contribution in [3.8, 4) is 11.5 Å². The molecular weight excluding hydrogens is 328 g/mol. The predicted molar refractivity (Wildman–Crippen MR) is 101 cm³/mol. The molecule has 1 N–H and O–H groups in total. The SMILES string of the molecule is CCc1ccc(OCCCOc2ccc3c(c2)CC[C@H]3CC(=O)O)cc1. The average Bonchev–Trinajstić information content (AvgIpc) is 3.03. The second-order valence-corrected chi connectivity index (χ2v) is 6.74. The zero-order valence-corrected chi connectivity index (χ0v) is 15.2. The van der Waals surface area contributed by atoms with Crippen LogP contribution in [0.4, 0.5) is 0 Å². The fraction of sp³-hybridized carbons (Fsp3) is 0.409. The van der Waals surface area contributed by atoms with E-state index in [0.717, 1.165) is 37.2 Å². The van der Waals surface area contributed by atoms with Gasteiger partial charge >= 0.3 is 5.97 Å². The quantitative estimate of drug-likeness (QED) is 0.669. The van der Waals surface area contributed by atoms with Gasteiger partial charge in [0.2, 0.25) is 0 Å². The molecule has 0 bridgehead atoms. The van der Waals surface area contributed by atoms with Gasteiger partial charge in [0.1, 0.15) is 11.5 Å². The minimum absolute atomic E-state index is 0.143. The number of carboxylic acid groups (broad SMARTS) is 1. The van der Waals surface area contributed by atoms with Crippen molar-refractivity contribution in [2.45, 2.75) is 44.9 Å². The molecule has 0 saturated carbocycles. The summed E-state index contributed by atoms with van der Waals surface area (Å²) < 4.78 is 11.6. The molecular formula is C22H26O4. The fourth-order valence-corrected chi connectivity index (χ4v) is 3.46. The lowest BCUT2D eigenvalue weighted by atomic mass is 9.98. The molecule has 1 aliphatic rings. The Labute approximate surface area is 154 Å². The first-order valence-corrected chi connectivity index (χ1v) is 9.35. The molecule has 1 atom stereocenters. The first-order valence-electron chi connectivity index (χ1n) is 9.35. The van der Waals surface area contributed by atoms with E-state index in [1.807, 2.05) is 24.3 Å². The van der Waals surface area contributed by atoms with Gasteiger partial charge in [0.15, 0.2) is 0 Å². The molecule has 0 amide bonds. The zero-order valence-electron chi connectivity index (χ0n) is 15.2. The smallest absolute Gasteiger partial charge is 0.303 e. The Morgan fingerprint density at radius 1 is 1.08 bits per heavy atom. The summed E-state index contributed by atoms with van der Waals surface area (Å²) in [6.45, 7) is 3.36. The maximum Gasteiger partial charge on any atom is 0.303 e. The largest absolute Gasteiger partial charge is 0.493 e. The number of rotatable bonds is 9. The number of aliphatic carboxylic acids is 1. The number of fused-ring (bicyclic) bond motifs is 1. The van der Waals surface area contributed by atoms with Gasteiger partial charge in [-0.05, 0) is 66.1 Å². The molecule has 0 heterocycles.